The van der Waals surface area contributed by atoms with Gasteiger partial charge in [0.05, 0.1) is 5.69 Å². The zero-order chi connectivity index (χ0) is 15.0. The first-order valence-corrected chi connectivity index (χ1v) is 8.56. The van der Waals surface area contributed by atoms with Gasteiger partial charge < -0.3 is 10.6 Å². The Labute approximate surface area is 130 Å². The van der Waals surface area contributed by atoms with E-state index in [0.717, 1.165) is 18.7 Å². The van der Waals surface area contributed by atoms with Crippen LogP contribution in [0.25, 0.3) is 0 Å². The Morgan fingerprint density at radius 1 is 1.52 bits per heavy atom. The van der Waals surface area contributed by atoms with E-state index in [1.807, 2.05) is 4.68 Å². The van der Waals surface area contributed by atoms with Crippen molar-refractivity contribution in [3.63, 3.8) is 0 Å². The van der Waals surface area contributed by atoms with Gasteiger partial charge in [-0.05, 0) is 55.5 Å². The van der Waals surface area contributed by atoms with Gasteiger partial charge in [-0.15, -0.1) is 0 Å². The lowest BCUT2D eigenvalue weighted by Gasteiger charge is -2.26. The van der Waals surface area contributed by atoms with Crippen molar-refractivity contribution in [2.24, 2.45) is 12.8 Å². The second-order valence-corrected chi connectivity index (χ2v) is 6.96. The molecule has 1 aliphatic carbocycles. The van der Waals surface area contributed by atoms with Crippen molar-refractivity contribution in [3.8, 4) is 0 Å². The molecule has 2 N–H and O–H groups in total. The number of hydrogen-bond acceptors (Lipinski definition) is 4. The molecule has 5 heteroatoms. The first-order valence-electron chi connectivity index (χ1n) is 7.62. The van der Waals surface area contributed by atoms with Gasteiger partial charge in [-0.1, -0.05) is 0 Å². The molecule has 1 fully saturated rings. The van der Waals surface area contributed by atoms with Crippen molar-refractivity contribution in [2.45, 2.75) is 51.7 Å². The van der Waals surface area contributed by atoms with Crippen LogP contribution in [0.4, 0.5) is 5.82 Å². The highest BCUT2D eigenvalue weighted by Gasteiger charge is 2.33. The molecule has 0 bridgehead atoms. The minimum Gasteiger partial charge on any atom is -0.349 e. The second kappa shape index (κ2) is 5.81. The number of nitrogens with two attached hydrogens (primary N) is 1. The van der Waals surface area contributed by atoms with E-state index in [1.54, 1.807) is 11.3 Å². The molecule has 1 saturated carbocycles. The molecule has 2 aromatic heterocycles. The van der Waals surface area contributed by atoms with Crippen LogP contribution in [0.3, 0.4) is 0 Å². The van der Waals surface area contributed by atoms with Crippen molar-refractivity contribution in [2.75, 3.05) is 4.90 Å². The number of nitrogens with zero attached hydrogens (tertiary/aromatic N) is 3. The van der Waals surface area contributed by atoms with Crippen molar-refractivity contribution in [3.05, 3.63) is 33.6 Å². The van der Waals surface area contributed by atoms with Crippen LogP contribution in [0.5, 0.6) is 0 Å². The summed E-state index contributed by atoms with van der Waals surface area (Å²) in [7, 11) is 2.05. The first-order chi connectivity index (χ1) is 10.1. The van der Waals surface area contributed by atoms with Crippen molar-refractivity contribution in [1.82, 2.24) is 9.78 Å². The van der Waals surface area contributed by atoms with E-state index in [0.29, 0.717) is 6.04 Å². The van der Waals surface area contributed by atoms with Crippen LogP contribution < -0.4 is 10.6 Å². The maximum absolute atomic E-state index is 6.05. The predicted molar refractivity (Wildman–Crippen MR) is 88.8 cm³/mol. The van der Waals surface area contributed by atoms with Crippen LogP contribution in [0.2, 0.25) is 0 Å². The molecule has 21 heavy (non-hydrogen) atoms. The molecule has 1 unspecified atom stereocenters. The predicted octanol–water partition coefficient (Wildman–Crippen LogP) is 2.85. The van der Waals surface area contributed by atoms with Gasteiger partial charge in [0.15, 0.2) is 0 Å². The average molecular weight is 304 g/mol. The summed E-state index contributed by atoms with van der Waals surface area (Å²) in [5.41, 5.74) is 9.86. The fourth-order valence-corrected chi connectivity index (χ4v) is 3.61. The van der Waals surface area contributed by atoms with Crippen LogP contribution in [-0.4, -0.2) is 21.9 Å². The number of rotatable bonds is 6. The normalized spacial score (nSPS) is 16.2. The smallest absolute Gasteiger partial charge is 0.130 e. The molecule has 0 saturated heterocycles. The summed E-state index contributed by atoms with van der Waals surface area (Å²) in [6, 6.07) is 3.04. The summed E-state index contributed by atoms with van der Waals surface area (Å²) >= 11 is 1.76. The van der Waals surface area contributed by atoms with E-state index < -0.39 is 0 Å². The molecule has 3 rings (SSSR count). The highest BCUT2D eigenvalue weighted by atomic mass is 32.1. The highest BCUT2D eigenvalue weighted by molar-refractivity contribution is 7.07. The summed E-state index contributed by atoms with van der Waals surface area (Å²) in [5, 5.41) is 9.04. The average Bonchev–Trinajstić information content (AvgIpc) is 3.06. The van der Waals surface area contributed by atoms with E-state index >= 15 is 0 Å². The summed E-state index contributed by atoms with van der Waals surface area (Å²) in [6.07, 6.45) is 3.46. The molecule has 2 aromatic rings. The molecule has 2 heterocycles. The Morgan fingerprint density at radius 2 is 2.29 bits per heavy atom. The summed E-state index contributed by atoms with van der Waals surface area (Å²) < 4.78 is 2.04. The number of thiophene rings is 1. The van der Waals surface area contributed by atoms with E-state index in [2.05, 4.69) is 47.7 Å². The maximum Gasteiger partial charge on any atom is 0.130 e. The molecule has 0 aromatic carbocycles. The van der Waals surface area contributed by atoms with E-state index in [4.69, 9.17) is 5.73 Å². The maximum atomic E-state index is 6.05. The van der Waals surface area contributed by atoms with E-state index in [1.165, 1.54) is 29.8 Å². The number of hydrogen-bond donors (Lipinski definition) is 1. The highest BCUT2D eigenvalue weighted by Crippen LogP contribution is 2.36. The molecular weight excluding hydrogens is 280 g/mol. The Bertz CT molecular complexity index is 596. The third kappa shape index (κ3) is 3.14. The summed E-state index contributed by atoms with van der Waals surface area (Å²) in [4.78, 5) is 2.53. The van der Waals surface area contributed by atoms with Gasteiger partial charge in [-0.3, -0.25) is 4.68 Å². The zero-order valence-corrected chi connectivity index (χ0v) is 13.9. The SMILES string of the molecule is Cc1nn(C)c(N(Cc2ccsc2)C2CC2)c1CC(C)N. The van der Waals surface area contributed by atoms with Gasteiger partial charge in [0.1, 0.15) is 5.82 Å². The fraction of sp³-hybridized carbons (Fsp3) is 0.562. The van der Waals surface area contributed by atoms with E-state index in [9.17, 15) is 0 Å². The summed E-state index contributed by atoms with van der Waals surface area (Å²) in [6.45, 7) is 5.13. The Balaban J connectivity index is 1.95. The first kappa shape index (κ1) is 14.6. The zero-order valence-electron chi connectivity index (χ0n) is 13.0. The van der Waals surface area contributed by atoms with Gasteiger partial charge in [0, 0.05) is 31.2 Å². The molecule has 0 aliphatic heterocycles. The molecule has 0 amide bonds. The van der Waals surface area contributed by atoms with Gasteiger partial charge in [-0.25, -0.2) is 0 Å². The lowest BCUT2D eigenvalue weighted by atomic mass is 10.1. The third-order valence-electron chi connectivity index (χ3n) is 4.03. The minimum absolute atomic E-state index is 0.161. The molecule has 114 valence electrons. The van der Waals surface area contributed by atoms with E-state index in [-0.39, 0.29) is 6.04 Å². The fourth-order valence-electron chi connectivity index (χ4n) is 2.95. The molecule has 0 spiro atoms. The van der Waals surface area contributed by atoms with Crippen LogP contribution in [0.15, 0.2) is 16.8 Å². The Kier molecular flexibility index (Phi) is 4.04. The molecular formula is C16H24N4S. The van der Waals surface area contributed by atoms with Crippen LogP contribution in [0, 0.1) is 6.92 Å². The van der Waals surface area contributed by atoms with Crippen molar-refractivity contribution < 1.29 is 0 Å². The van der Waals surface area contributed by atoms with Crippen LogP contribution in [-0.2, 0) is 20.0 Å². The van der Waals surface area contributed by atoms with Crippen LogP contribution in [0.1, 0.15) is 36.6 Å². The summed E-state index contributed by atoms with van der Waals surface area (Å²) in [5.74, 6) is 1.26. The largest absolute Gasteiger partial charge is 0.349 e. The number of aromatic nitrogens is 2. The van der Waals surface area contributed by atoms with Crippen LogP contribution >= 0.6 is 11.3 Å². The van der Waals surface area contributed by atoms with Gasteiger partial charge in [0.2, 0.25) is 0 Å². The quantitative estimate of drug-likeness (QED) is 0.892. The lowest BCUT2D eigenvalue weighted by Crippen LogP contribution is -2.29. The lowest BCUT2D eigenvalue weighted by molar-refractivity contribution is 0.683. The monoisotopic (exact) mass is 304 g/mol. The molecule has 0 radical (unpaired) electrons. The van der Waals surface area contributed by atoms with Gasteiger partial charge >= 0.3 is 0 Å². The Hall–Kier alpha value is -1.33. The van der Waals surface area contributed by atoms with Crippen molar-refractivity contribution >= 4 is 17.2 Å². The standard InChI is InChI=1S/C16H24N4S/c1-11(17)8-15-12(2)18-19(3)16(15)20(14-4-5-14)9-13-6-7-21-10-13/h6-7,10-11,14H,4-5,8-9,17H2,1-3H3. The third-order valence-corrected chi connectivity index (χ3v) is 4.76. The second-order valence-electron chi connectivity index (χ2n) is 6.18. The number of aryl methyl sites for hydroxylation is 2. The minimum atomic E-state index is 0.161. The van der Waals surface area contributed by atoms with Gasteiger partial charge in [-0.2, -0.15) is 16.4 Å². The topological polar surface area (TPSA) is 47.1 Å². The molecule has 1 atom stereocenters. The number of anilines is 1. The van der Waals surface area contributed by atoms with Crippen molar-refractivity contribution in [1.29, 1.82) is 0 Å². The molecule has 1 aliphatic rings. The Morgan fingerprint density at radius 3 is 2.86 bits per heavy atom. The van der Waals surface area contributed by atoms with Gasteiger partial charge in [0.25, 0.3) is 0 Å². The molecule has 4 nitrogen and oxygen atoms in total.